The normalized spacial score (nSPS) is 39.7. The van der Waals surface area contributed by atoms with Crippen LogP contribution in [0.15, 0.2) is 24.3 Å². The minimum Gasteiger partial charge on any atom is -0.461 e. The fourth-order valence-corrected chi connectivity index (χ4v) is 4.29. The molecule has 20 heavy (non-hydrogen) atoms. The Kier molecular flexibility index (Phi) is 2.66. The van der Waals surface area contributed by atoms with E-state index in [2.05, 4.69) is 29.2 Å². The first-order chi connectivity index (χ1) is 9.66. The van der Waals surface area contributed by atoms with E-state index < -0.39 is 6.10 Å². The highest BCUT2D eigenvalue weighted by atomic mass is 16.6. The molecule has 2 fully saturated rings. The van der Waals surface area contributed by atoms with Gasteiger partial charge in [-0.2, -0.15) is 0 Å². The van der Waals surface area contributed by atoms with E-state index in [0.29, 0.717) is 6.42 Å². The molecule has 3 aliphatic heterocycles. The zero-order valence-electron chi connectivity index (χ0n) is 11.5. The lowest BCUT2D eigenvalue weighted by molar-refractivity contribution is -0.147. The smallest absolute Gasteiger partial charge is 0.313 e. The molecule has 0 aromatic heterocycles. The summed E-state index contributed by atoms with van der Waals surface area (Å²) in [6.07, 6.45) is 0.910. The van der Waals surface area contributed by atoms with Crippen molar-refractivity contribution in [3.05, 3.63) is 35.4 Å². The van der Waals surface area contributed by atoms with E-state index in [0.717, 1.165) is 13.0 Å². The number of aliphatic hydroxyl groups excluding tert-OH is 1. The van der Waals surface area contributed by atoms with Gasteiger partial charge in [0.05, 0.1) is 12.1 Å². The van der Waals surface area contributed by atoms with E-state index in [1.807, 2.05) is 6.92 Å². The van der Waals surface area contributed by atoms with Gasteiger partial charge in [-0.05, 0) is 30.9 Å². The molecule has 0 aliphatic carbocycles. The van der Waals surface area contributed by atoms with Gasteiger partial charge in [-0.1, -0.05) is 24.3 Å². The molecule has 3 heterocycles. The third-order valence-electron chi connectivity index (χ3n) is 5.14. The predicted octanol–water partition coefficient (Wildman–Crippen LogP) is 1.28. The van der Waals surface area contributed by atoms with Gasteiger partial charge in [0, 0.05) is 12.6 Å². The maximum Gasteiger partial charge on any atom is 0.313 e. The number of hydrogen-bond donors (Lipinski definition) is 1. The van der Waals surface area contributed by atoms with Crippen LogP contribution in [0.5, 0.6) is 0 Å². The third kappa shape index (κ3) is 1.58. The van der Waals surface area contributed by atoms with E-state index in [1.54, 1.807) is 0 Å². The summed E-state index contributed by atoms with van der Waals surface area (Å²) in [4.78, 5) is 14.3. The number of cyclic esters (lactones) is 1. The summed E-state index contributed by atoms with van der Waals surface area (Å²) in [6, 6.07) is 8.69. The molecule has 0 amide bonds. The fraction of sp³-hybridized carbons (Fsp3) is 0.562. The monoisotopic (exact) mass is 273 g/mol. The number of nitrogens with zero attached hydrogens (tertiary/aromatic N) is 1. The lowest BCUT2D eigenvalue weighted by atomic mass is 9.77. The molecule has 106 valence electrons. The number of carbonyl (C=O) groups excluding carboxylic acids is 1. The van der Waals surface area contributed by atoms with Crippen LogP contribution < -0.4 is 0 Å². The van der Waals surface area contributed by atoms with E-state index in [1.165, 1.54) is 11.1 Å². The van der Waals surface area contributed by atoms with Gasteiger partial charge < -0.3 is 9.84 Å². The van der Waals surface area contributed by atoms with Crippen molar-refractivity contribution < 1.29 is 14.6 Å². The molecular weight excluding hydrogens is 254 g/mol. The maximum absolute atomic E-state index is 11.9. The summed E-state index contributed by atoms with van der Waals surface area (Å²) in [5.41, 5.74) is 2.68. The standard InChI is InChI=1S/C16H19NO3/c1-9-15-14(16(19)20-9)13(18)8-12-11-5-3-2-4-10(11)6-7-17(12)15/h2-5,9,12-15,18H,6-8H2,1H3/t9-,12?,13?,14?,15?/m0/s1. The zero-order chi connectivity index (χ0) is 13.9. The Morgan fingerprint density at radius 1 is 1.35 bits per heavy atom. The summed E-state index contributed by atoms with van der Waals surface area (Å²) >= 11 is 0. The highest BCUT2D eigenvalue weighted by molar-refractivity contribution is 5.77. The average Bonchev–Trinajstić information content (AvgIpc) is 2.75. The minimum atomic E-state index is -0.593. The van der Waals surface area contributed by atoms with Crippen LogP contribution in [0.1, 0.15) is 30.5 Å². The topological polar surface area (TPSA) is 49.8 Å². The zero-order valence-corrected chi connectivity index (χ0v) is 11.5. The number of hydrogen-bond acceptors (Lipinski definition) is 4. The van der Waals surface area contributed by atoms with Gasteiger partial charge >= 0.3 is 5.97 Å². The number of fused-ring (bicyclic) bond motifs is 5. The van der Waals surface area contributed by atoms with E-state index >= 15 is 0 Å². The molecule has 2 saturated heterocycles. The predicted molar refractivity (Wildman–Crippen MR) is 73.0 cm³/mol. The second kappa shape index (κ2) is 4.30. The quantitative estimate of drug-likeness (QED) is 0.724. The molecule has 1 N–H and O–H groups in total. The number of benzene rings is 1. The van der Waals surface area contributed by atoms with Gasteiger partial charge in [0.15, 0.2) is 0 Å². The van der Waals surface area contributed by atoms with Crippen LogP contribution in [0.25, 0.3) is 0 Å². The number of esters is 1. The van der Waals surface area contributed by atoms with Gasteiger partial charge in [0.25, 0.3) is 0 Å². The molecule has 0 spiro atoms. The molecule has 0 radical (unpaired) electrons. The van der Waals surface area contributed by atoms with E-state index in [-0.39, 0.29) is 30.1 Å². The SMILES string of the molecule is C[C@@H]1OC(=O)C2C(O)CC3c4ccccc4CCN3C21. The first-order valence-electron chi connectivity index (χ1n) is 7.39. The highest BCUT2D eigenvalue weighted by Crippen LogP contribution is 2.45. The molecule has 4 nitrogen and oxygen atoms in total. The van der Waals surface area contributed by atoms with Crippen molar-refractivity contribution in [3.8, 4) is 0 Å². The van der Waals surface area contributed by atoms with Crippen molar-refractivity contribution in [1.29, 1.82) is 0 Å². The number of piperidine rings is 1. The summed E-state index contributed by atoms with van der Waals surface area (Å²) in [7, 11) is 0. The van der Waals surface area contributed by atoms with Crippen molar-refractivity contribution in [2.24, 2.45) is 5.92 Å². The number of carbonyl (C=O) groups is 1. The largest absolute Gasteiger partial charge is 0.461 e. The Labute approximate surface area is 118 Å². The maximum atomic E-state index is 11.9. The highest BCUT2D eigenvalue weighted by Gasteiger charge is 2.55. The van der Waals surface area contributed by atoms with Crippen molar-refractivity contribution >= 4 is 5.97 Å². The average molecular weight is 273 g/mol. The molecular formula is C16H19NO3. The van der Waals surface area contributed by atoms with E-state index in [9.17, 15) is 9.90 Å². The Morgan fingerprint density at radius 2 is 2.15 bits per heavy atom. The van der Waals surface area contributed by atoms with Gasteiger partial charge in [0.2, 0.25) is 0 Å². The van der Waals surface area contributed by atoms with Crippen LogP contribution in [0.3, 0.4) is 0 Å². The second-order valence-electron chi connectivity index (χ2n) is 6.16. The molecule has 0 bridgehead atoms. The fourth-order valence-electron chi connectivity index (χ4n) is 4.29. The Hall–Kier alpha value is -1.39. The van der Waals surface area contributed by atoms with Crippen LogP contribution >= 0.6 is 0 Å². The number of aliphatic hydroxyl groups is 1. The van der Waals surface area contributed by atoms with Gasteiger partial charge in [-0.15, -0.1) is 0 Å². The van der Waals surface area contributed by atoms with Crippen molar-refractivity contribution in [2.75, 3.05) is 6.54 Å². The van der Waals surface area contributed by atoms with Crippen LogP contribution in [0.2, 0.25) is 0 Å². The summed E-state index contributed by atoms with van der Waals surface area (Å²) < 4.78 is 5.37. The third-order valence-corrected chi connectivity index (χ3v) is 5.14. The summed E-state index contributed by atoms with van der Waals surface area (Å²) in [6.45, 7) is 2.88. The summed E-state index contributed by atoms with van der Waals surface area (Å²) in [5, 5.41) is 10.4. The summed E-state index contributed by atoms with van der Waals surface area (Å²) in [5.74, 6) is -0.598. The number of rotatable bonds is 0. The molecule has 4 heteroatoms. The Balaban J connectivity index is 1.76. The van der Waals surface area contributed by atoms with Gasteiger partial charge in [-0.3, -0.25) is 9.69 Å². The van der Waals surface area contributed by atoms with Crippen LogP contribution in [-0.4, -0.2) is 40.8 Å². The molecule has 4 unspecified atom stereocenters. The van der Waals surface area contributed by atoms with E-state index in [4.69, 9.17) is 4.74 Å². The lowest BCUT2D eigenvalue weighted by Gasteiger charge is -2.48. The van der Waals surface area contributed by atoms with Gasteiger partial charge in [0.1, 0.15) is 12.0 Å². The minimum absolute atomic E-state index is 0.0182. The van der Waals surface area contributed by atoms with Crippen molar-refractivity contribution in [2.45, 2.75) is 44.1 Å². The van der Waals surface area contributed by atoms with Crippen molar-refractivity contribution in [3.63, 3.8) is 0 Å². The Morgan fingerprint density at radius 3 is 3.00 bits per heavy atom. The molecule has 1 aromatic carbocycles. The molecule has 4 rings (SSSR count). The second-order valence-corrected chi connectivity index (χ2v) is 6.16. The molecule has 3 aliphatic rings. The van der Waals surface area contributed by atoms with Crippen LogP contribution in [0, 0.1) is 5.92 Å². The lowest BCUT2D eigenvalue weighted by Crippen LogP contribution is -2.56. The molecule has 1 aromatic rings. The van der Waals surface area contributed by atoms with Crippen molar-refractivity contribution in [1.82, 2.24) is 4.90 Å². The van der Waals surface area contributed by atoms with Gasteiger partial charge in [-0.25, -0.2) is 0 Å². The molecule has 0 saturated carbocycles. The Bertz CT molecular complexity index is 558. The first-order valence-corrected chi connectivity index (χ1v) is 7.39. The first kappa shape index (κ1) is 12.4. The van der Waals surface area contributed by atoms with Crippen LogP contribution in [0.4, 0.5) is 0 Å². The molecule has 5 atom stereocenters. The van der Waals surface area contributed by atoms with Crippen LogP contribution in [-0.2, 0) is 16.0 Å². The number of ether oxygens (including phenoxy) is 1.